The molecule has 1 aromatic heterocycles. The number of para-hydroxylation sites is 1. The Balaban J connectivity index is 1.80. The molecule has 1 fully saturated rings. The number of aromatic nitrogens is 2. The van der Waals surface area contributed by atoms with Crippen LogP contribution < -0.4 is 4.74 Å². The van der Waals surface area contributed by atoms with Crippen molar-refractivity contribution >= 4 is 27.0 Å². The molecule has 1 unspecified atom stereocenters. The summed E-state index contributed by atoms with van der Waals surface area (Å²) in [6.45, 7) is 3.97. The molecule has 0 spiro atoms. The van der Waals surface area contributed by atoms with Gasteiger partial charge in [0, 0.05) is 6.54 Å². The summed E-state index contributed by atoms with van der Waals surface area (Å²) < 4.78 is 39.3. The van der Waals surface area contributed by atoms with Gasteiger partial charge in [-0.2, -0.15) is 4.31 Å². The van der Waals surface area contributed by atoms with E-state index in [1.165, 1.54) is 11.4 Å². The zero-order valence-corrected chi connectivity index (χ0v) is 19.5. The average molecular weight is 458 g/mol. The smallest absolute Gasteiger partial charge is 0.340 e. The third-order valence-electron chi connectivity index (χ3n) is 5.95. The molecule has 1 atom stereocenters. The number of nitrogens with zero attached hydrogens (tertiary/aromatic N) is 2. The summed E-state index contributed by atoms with van der Waals surface area (Å²) in [6, 6.07) is 8.22. The summed E-state index contributed by atoms with van der Waals surface area (Å²) in [7, 11) is -0.899. The van der Waals surface area contributed by atoms with Crippen molar-refractivity contribution in [2.45, 2.75) is 44.0 Å². The van der Waals surface area contributed by atoms with Gasteiger partial charge in [-0.25, -0.2) is 18.2 Å². The number of sulfonamides is 1. The van der Waals surface area contributed by atoms with Crippen molar-refractivity contribution in [3.05, 3.63) is 52.8 Å². The number of aromatic amines is 1. The molecule has 4 rings (SSSR count). The first-order chi connectivity index (χ1) is 15.3. The Hall–Kier alpha value is -2.91. The second kappa shape index (κ2) is 8.55. The average Bonchev–Trinajstić information content (AvgIpc) is 3.22. The highest BCUT2D eigenvalue weighted by Crippen LogP contribution is 2.37. The van der Waals surface area contributed by atoms with Gasteiger partial charge >= 0.3 is 5.97 Å². The third-order valence-corrected chi connectivity index (χ3v) is 8.16. The SMILES string of the molecule is COC(=O)c1cccc2nc(C3CCCCN3S(=O)(=O)c3c(C)cc(OC)cc3C)[nH]c12. The second-order valence-electron chi connectivity index (χ2n) is 8.03. The number of piperidine rings is 1. The van der Waals surface area contributed by atoms with Crippen LogP contribution in [0.15, 0.2) is 35.2 Å². The minimum absolute atomic E-state index is 0.302. The Morgan fingerprint density at radius 3 is 2.53 bits per heavy atom. The molecule has 0 aliphatic carbocycles. The van der Waals surface area contributed by atoms with Crippen molar-refractivity contribution in [1.82, 2.24) is 14.3 Å². The van der Waals surface area contributed by atoms with E-state index in [1.807, 2.05) is 0 Å². The number of methoxy groups -OCH3 is 2. The van der Waals surface area contributed by atoms with Crippen molar-refractivity contribution < 1.29 is 22.7 Å². The number of fused-ring (bicyclic) bond motifs is 1. The number of esters is 1. The van der Waals surface area contributed by atoms with E-state index in [2.05, 4.69) is 9.97 Å². The molecular formula is C23H27N3O5S. The molecular weight excluding hydrogens is 430 g/mol. The minimum Gasteiger partial charge on any atom is -0.497 e. The van der Waals surface area contributed by atoms with Gasteiger partial charge in [-0.1, -0.05) is 12.5 Å². The molecule has 8 nitrogen and oxygen atoms in total. The van der Waals surface area contributed by atoms with Gasteiger partial charge < -0.3 is 14.5 Å². The van der Waals surface area contributed by atoms with Gasteiger partial charge in [0.15, 0.2) is 0 Å². The summed E-state index contributed by atoms with van der Waals surface area (Å²) >= 11 is 0. The number of benzene rings is 2. The first-order valence-electron chi connectivity index (χ1n) is 10.5. The van der Waals surface area contributed by atoms with Crippen molar-refractivity contribution in [2.75, 3.05) is 20.8 Å². The summed E-state index contributed by atoms with van der Waals surface area (Å²) in [5.74, 6) is 0.689. The maximum atomic E-state index is 13.8. The number of nitrogens with one attached hydrogen (secondary N) is 1. The van der Waals surface area contributed by atoms with Gasteiger partial charge in [0.1, 0.15) is 11.6 Å². The second-order valence-corrected chi connectivity index (χ2v) is 9.86. The van der Waals surface area contributed by atoms with Gasteiger partial charge in [0.2, 0.25) is 10.0 Å². The number of hydrogen-bond donors (Lipinski definition) is 1. The lowest BCUT2D eigenvalue weighted by Crippen LogP contribution is -2.39. The number of aryl methyl sites for hydroxylation is 2. The Kier molecular flexibility index (Phi) is 5.96. The molecule has 0 bridgehead atoms. The predicted octanol–water partition coefficient (Wildman–Crippen LogP) is 3.89. The number of carbonyl (C=O) groups is 1. The standard InChI is InChI=1S/C23H27N3O5S/c1-14-12-16(30-3)13-15(2)21(14)32(28,29)26-11-6-5-10-19(26)22-24-18-9-7-8-17(20(18)25-22)23(27)31-4/h7-9,12-13,19H,5-6,10-11H2,1-4H3,(H,24,25). The lowest BCUT2D eigenvalue weighted by Gasteiger charge is -2.34. The van der Waals surface area contributed by atoms with Crippen LogP contribution in [0.5, 0.6) is 5.75 Å². The van der Waals surface area contributed by atoms with E-state index in [0.717, 1.165) is 12.8 Å². The van der Waals surface area contributed by atoms with E-state index in [1.54, 1.807) is 51.3 Å². The molecule has 170 valence electrons. The Labute approximate surface area is 187 Å². The number of ether oxygens (including phenoxy) is 2. The van der Waals surface area contributed by atoms with Crippen molar-refractivity contribution in [3.8, 4) is 5.75 Å². The van der Waals surface area contributed by atoms with E-state index >= 15 is 0 Å². The van der Waals surface area contributed by atoms with Gasteiger partial charge in [-0.3, -0.25) is 0 Å². The fourth-order valence-corrected chi connectivity index (χ4v) is 6.58. The fraction of sp³-hybridized carbons (Fsp3) is 0.391. The van der Waals surface area contributed by atoms with Gasteiger partial charge in [0.25, 0.3) is 0 Å². The molecule has 0 saturated carbocycles. The van der Waals surface area contributed by atoms with E-state index in [4.69, 9.17) is 9.47 Å². The monoisotopic (exact) mass is 457 g/mol. The molecule has 2 heterocycles. The van der Waals surface area contributed by atoms with E-state index < -0.39 is 22.0 Å². The van der Waals surface area contributed by atoms with Crippen LogP contribution in [-0.4, -0.2) is 49.4 Å². The van der Waals surface area contributed by atoms with Crippen LogP contribution in [0.1, 0.15) is 52.6 Å². The van der Waals surface area contributed by atoms with Crippen LogP contribution >= 0.6 is 0 Å². The van der Waals surface area contributed by atoms with Crippen LogP contribution in [-0.2, 0) is 14.8 Å². The Morgan fingerprint density at radius 1 is 1.16 bits per heavy atom. The molecule has 1 aliphatic heterocycles. The molecule has 1 aliphatic rings. The largest absolute Gasteiger partial charge is 0.497 e. The molecule has 32 heavy (non-hydrogen) atoms. The van der Waals surface area contributed by atoms with Gasteiger partial charge in [-0.15, -0.1) is 0 Å². The van der Waals surface area contributed by atoms with Crippen LogP contribution in [0.4, 0.5) is 0 Å². The van der Waals surface area contributed by atoms with E-state index in [9.17, 15) is 13.2 Å². The lowest BCUT2D eigenvalue weighted by atomic mass is 10.0. The molecule has 2 aromatic carbocycles. The summed E-state index contributed by atoms with van der Waals surface area (Å²) in [6.07, 6.45) is 2.30. The number of H-pyrrole nitrogens is 1. The number of carbonyl (C=O) groups excluding carboxylic acids is 1. The maximum absolute atomic E-state index is 13.8. The van der Waals surface area contributed by atoms with Crippen LogP contribution in [0.25, 0.3) is 11.0 Å². The molecule has 1 saturated heterocycles. The maximum Gasteiger partial charge on any atom is 0.340 e. The summed E-state index contributed by atoms with van der Waals surface area (Å²) in [5, 5.41) is 0. The number of imidazole rings is 1. The highest BCUT2D eigenvalue weighted by molar-refractivity contribution is 7.89. The highest BCUT2D eigenvalue weighted by Gasteiger charge is 2.38. The molecule has 1 N–H and O–H groups in total. The van der Waals surface area contributed by atoms with Gasteiger partial charge in [-0.05, 0) is 62.1 Å². The van der Waals surface area contributed by atoms with Gasteiger partial charge in [0.05, 0.1) is 41.8 Å². The lowest BCUT2D eigenvalue weighted by molar-refractivity contribution is 0.0602. The zero-order valence-electron chi connectivity index (χ0n) is 18.6. The van der Waals surface area contributed by atoms with Crippen LogP contribution in [0.2, 0.25) is 0 Å². The third kappa shape index (κ3) is 3.75. The quantitative estimate of drug-likeness (QED) is 0.583. The van der Waals surface area contributed by atoms with Crippen molar-refractivity contribution in [2.24, 2.45) is 0 Å². The first-order valence-corrected chi connectivity index (χ1v) is 12.0. The normalized spacial score (nSPS) is 17.4. The zero-order chi connectivity index (χ0) is 23.0. The van der Waals surface area contributed by atoms with Crippen molar-refractivity contribution in [3.63, 3.8) is 0 Å². The highest BCUT2D eigenvalue weighted by atomic mass is 32.2. The molecule has 9 heteroatoms. The molecule has 3 aromatic rings. The van der Waals surface area contributed by atoms with Crippen LogP contribution in [0, 0.1) is 13.8 Å². The van der Waals surface area contributed by atoms with Crippen LogP contribution in [0.3, 0.4) is 0 Å². The van der Waals surface area contributed by atoms with E-state index in [-0.39, 0.29) is 0 Å². The van der Waals surface area contributed by atoms with E-state index in [0.29, 0.717) is 57.2 Å². The molecule has 0 amide bonds. The first kappa shape index (κ1) is 22.3. The number of hydrogen-bond acceptors (Lipinski definition) is 6. The van der Waals surface area contributed by atoms with Crippen molar-refractivity contribution in [1.29, 1.82) is 0 Å². The fourth-order valence-electron chi connectivity index (χ4n) is 4.51. The summed E-state index contributed by atoms with van der Waals surface area (Å²) in [5.41, 5.74) is 2.81. The summed E-state index contributed by atoms with van der Waals surface area (Å²) in [4.78, 5) is 20.3. The Morgan fingerprint density at radius 2 is 1.88 bits per heavy atom. The Bertz CT molecular complexity index is 1260. The minimum atomic E-state index is -3.79. The topological polar surface area (TPSA) is 102 Å². The number of rotatable bonds is 5. The molecule has 0 radical (unpaired) electrons. The predicted molar refractivity (Wildman–Crippen MR) is 120 cm³/mol.